The van der Waals surface area contributed by atoms with Crippen molar-refractivity contribution in [2.75, 3.05) is 6.54 Å². The molecule has 0 radical (unpaired) electrons. The predicted molar refractivity (Wildman–Crippen MR) is 93.0 cm³/mol. The second-order valence-electron chi connectivity index (χ2n) is 8.15. The molecule has 1 fully saturated rings. The van der Waals surface area contributed by atoms with Crippen LogP contribution in [-0.2, 0) is 17.6 Å². The second-order valence-corrected chi connectivity index (χ2v) is 8.15. The molecule has 6 nitrogen and oxygen atoms in total. The fourth-order valence-corrected chi connectivity index (χ4v) is 3.90. The number of carbonyl (C=O) groups excluding carboxylic acids is 1. The zero-order valence-electron chi connectivity index (χ0n) is 15.3. The Labute approximate surface area is 144 Å². The smallest absolute Gasteiger partial charge is 0.410 e. The minimum Gasteiger partial charge on any atom is -0.444 e. The molecule has 1 amide bonds. The number of fused-ring (bicyclic) bond motifs is 1. The van der Waals surface area contributed by atoms with E-state index >= 15 is 0 Å². The molecule has 1 saturated heterocycles. The van der Waals surface area contributed by atoms with E-state index in [4.69, 9.17) is 4.74 Å². The van der Waals surface area contributed by atoms with E-state index in [0.29, 0.717) is 6.04 Å². The molecule has 2 aliphatic rings. The molecular formula is C18H30N4O2. The number of hydrogen-bond donors (Lipinski definition) is 2. The molecule has 24 heavy (non-hydrogen) atoms. The number of H-pyrrole nitrogens is 1. The fraction of sp³-hybridized carbons (Fsp3) is 0.778. The monoisotopic (exact) mass is 334 g/mol. The van der Waals surface area contributed by atoms with Gasteiger partial charge in [-0.3, -0.25) is 5.10 Å². The molecule has 0 spiro atoms. The molecule has 1 aromatic heterocycles. The molecule has 1 aliphatic carbocycles. The predicted octanol–water partition coefficient (Wildman–Crippen LogP) is 2.64. The summed E-state index contributed by atoms with van der Waals surface area (Å²) in [5.41, 5.74) is 2.15. The summed E-state index contributed by atoms with van der Waals surface area (Å²) in [5, 5.41) is 11.0. The number of amides is 1. The Bertz CT molecular complexity index is 578. The average Bonchev–Trinajstić information content (AvgIpc) is 3.14. The average molecular weight is 334 g/mol. The first-order valence-electron chi connectivity index (χ1n) is 9.10. The molecule has 3 rings (SSSR count). The van der Waals surface area contributed by atoms with Gasteiger partial charge in [-0.25, -0.2) is 4.79 Å². The van der Waals surface area contributed by atoms with Crippen LogP contribution < -0.4 is 5.32 Å². The minimum atomic E-state index is -0.443. The third-order valence-corrected chi connectivity index (χ3v) is 5.02. The van der Waals surface area contributed by atoms with E-state index in [1.807, 2.05) is 31.9 Å². The zero-order valence-corrected chi connectivity index (χ0v) is 15.3. The van der Waals surface area contributed by atoms with Crippen molar-refractivity contribution in [2.45, 2.75) is 83.5 Å². The van der Waals surface area contributed by atoms with E-state index in [1.165, 1.54) is 11.3 Å². The summed E-state index contributed by atoms with van der Waals surface area (Å²) in [5.74, 6) is 0. The summed E-state index contributed by atoms with van der Waals surface area (Å²) in [6, 6.07) is 0.926. The molecule has 2 N–H and O–H groups in total. The normalized spacial score (nSPS) is 25.4. The van der Waals surface area contributed by atoms with Gasteiger partial charge in [0.15, 0.2) is 0 Å². The van der Waals surface area contributed by atoms with Crippen LogP contribution in [0.2, 0.25) is 0 Å². The standard InChI is InChI=1S/C18H30N4O2/c1-12(20-14-7-8-15-13(10-14)11-19-21-15)16-6-5-9-22(16)17(23)24-18(2,3)4/h11-12,14,16,20H,5-10H2,1-4H3,(H,19,21)/t12-,14-,16-/m0/s1. The van der Waals surface area contributed by atoms with Crippen molar-refractivity contribution in [1.29, 1.82) is 0 Å². The molecular weight excluding hydrogens is 304 g/mol. The third-order valence-electron chi connectivity index (χ3n) is 5.02. The number of aryl methyl sites for hydroxylation is 1. The van der Waals surface area contributed by atoms with Gasteiger partial charge in [-0.2, -0.15) is 5.10 Å². The van der Waals surface area contributed by atoms with E-state index in [9.17, 15) is 4.79 Å². The van der Waals surface area contributed by atoms with Crippen LogP contribution in [0, 0.1) is 0 Å². The lowest BCUT2D eigenvalue weighted by Gasteiger charge is -2.34. The number of aromatic nitrogens is 2. The third kappa shape index (κ3) is 3.91. The summed E-state index contributed by atoms with van der Waals surface area (Å²) in [4.78, 5) is 14.4. The highest BCUT2D eigenvalue weighted by Crippen LogP contribution is 2.25. The van der Waals surface area contributed by atoms with Crippen LogP contribution in [0.5, 0.6) is 0 Å². The van der Waals surface area contributed by atoms with Crippen LogP contribution in [0.25, 0.3) is 0 Å². The first-order chi connectivity index (χ1) is 11.3. The van der Waals surface area contributed by atoms with E-state index in [1.54, 1.807) is 0 Å². The number of rotatable bonds is 3. The van der Waals surface area contributed by atoms with Crippen molar-refractivity contribution in [3.63, 3.8) is 0 Å². The topological polar surface area (TPSA) is 70.2 Å². The maximum atomic E-state index is 12.5. The van der Waals surface area contributed by atoms with E-state index in [2.05, 4.69) is 22.4 Å². The molecule has 2 heterocycles. The van der Waals surface area contributed by atoms with E-state index < -0.39 is 5.60 Å². The Kier molecular flexibility index (Phi) is 4.85. The van der Waals surface area contributed by atoms with Crippen LogP contribution >= 0.6 is 0 Å². The molecule has 134 valence electrons. The van der Waals surface area contributed by atoms with Crippen LogP contribution in [0.15, 0.2) is 6.20 Å². The SMILES string of the molecule is C[C@H](N[C@H]1CCc2[nH]ncc2C1)[C@@H]1CCCN1C(=O)OC(C)(C)C. The number of likely N-dealkylation sites (tertiary alicyclic amines) is 1. The van der Waals surface area contributed by atoms with Crippen LogP contribution in [0.4, 0.5) is 4.79 Å². The lowest BCUT2D eigenvalue weighted by molar-refractivity contribution is 0.0196. The van der Waals surface area contributed by atoms with Gasteiger partial charge >= 0.3 is 6.09 Å². The van der Waals surface area contributed by atoms with Gasteiger partial charge in [-0.05, 0) is 65.4 Å². The minimum absolute atomic E-state index is 0.181. The van der Waals surface area contributed by atoms with Crippen molar-refractivity contribution >= 4 is 6.09 Å². The highest BCUT2D eigenvalue weighted by atomic mass is 16.6. The maximum absolute atomic E-state index is 12.5. The van der Waals surface area contributed by atoms with Crippen molar-refractivity contribution < 1.29 is 9.53 Å². The second kappa shape index (κ2) is 6.75. The highest BCUT2D eigenvalue weighted by molar-refractivity contribution is 5.69. The summed E-state index contributed by atoms with van der Waals surface area (Å²) < 4.78 is 5.57. The zero-order chi connectivity index (χ0) is 17.3. The summed E-state index contributed by atoms with van der Waals surface area (Å²) in [6.45, 7) is 8.74. The van der Waals surface area contributed by atoms with Gasteiger partial charge in [0.25, 0.3) is 0 Å². The molecule has 0 bridgehead atoms. The van der Waals surface area contributed by atoms with Gasteiger partial charge in [0.2, 0.25) is 0 Å². The Morgan fingerprint density at radius 1 is 1.46 bits per heavy atom. The van der Waals surface area contributed by atoms with Crippen molar-refractivity contribution in [1.82, 2.24) is 20.4 Å². The maximum Gasteiger partial charge on any atom is 0.410 e. The fourth-order valence-electron chi connectivity index (χ4n) is 3.90. The van der Waals surface area contributed by atoms with Crippen molar-refractivity contribution in [3.05, 3.63) is 17.5 Å². The number of nitrogens with one attached hydrogen (secondary N) is 2. The van der Waals surface area contributed by atoms with Gasteiger partial charge in [0.1, 0.15) is 5.60 Å². The summed E-state index contributed by atoms with van der Waals surface area (Å²) in [7, 11) is 0. The lowest BCUT2D eigenvalue weighted by Crippen LogP contribution is -2.52. The Balaban J connectivity index is 1.58. The number of ether oxygens (including phenoxy) is 1. The number of aromatic amines is 1. The molecule has 1 aliphatic heterocycles. The van der Waals surface area contributed by atoms with E-state index in [-0.39, 0.29) is 18.2 Å². The van der Waals surface area contributed by atoms with Gasteiger partial charge in [-0.1, -0.05) is 0 Å². The largest absolute Gasteiger partial charge is 0.444 e. The summed E-state index contributed by atoms with van der Waals surface area (Å²) >= 11 is 0. The van der Waals surface area contributed by atoms with E-state index in [0.717, 1.165) is 38.6 Å². The molecule has 6 heteroatoms. The Hall–Kier alpha value is -1.56. The van der Waals surface area contributed by atoms with Crippen LogP contribution in [0.1, 0.15) is 58.2 Å². The molecule has 0 unspecified atom stereocenters. The van der Waals surface area contributed by atoms with Crippen LogP contribution in [-0.4, -0.2) is 51.5 Å². The van der Waals surface area contributed by atoms with Crippen molar-refractivity contribution in [3.8, 4) is 0 Å². The highest BCUT2D eigenvalue weighted by Gasteiger charge is 2.36. The number of nitrogens with zero attached hydrogens (tertiary/aromatic N) is 2. The summed E-state index contributed by atoms with van der Waals surface area (Å²) in [6.07, 6.45) is 7.01. The molecule has 1 aromatic rings. The van der Waals surface area contributed by atoms with Gasteiger partial charge in [-0.15, -0.1) is 0 Å². The first-order valence-corrected chi connectivity index (χ1v) is 9.10. The number of hydrogen-bond acceptors (Lipinski definition) is 4. The Morgan fingerprint density at radius 3 is 3.00 bits per heavy atom. The van der Waals surface area contributed by atoms with Crippen molar-refractivity contribution in [2.24, 2.45) is 0 Å². The lowest BCUT2D eigenvalue weighted by atomic mass is 9.92. The van der Waals surface area contributed by atoms with Gasteiger partial charge in [0.05, 0.1) is 12.2 Å². The molecule has 0 aromatic carbocycles. The first kappa shape index (κ1) is 17.3. The molecule has 3 atom stereocenters. The Morgan fingerprint density at radius 2 is 2.25 bits per heavy atom. The van der Waals surface area contributed by atoms with Gasteiger partial charge in [0, 0.05) is 24.3 Å². The van der Waals surface area contributed by atoms with Gasteiger partial charge < -0.3 is 15.0 Å². The quantitative estimate of drug-likeness (QED) is 0.891. The van der Waals surface area contributed by atoms with Crippen LogP contribution in [0.3, 0.4) is 0 Å². The number of carbonyl (C=O) groups is 1. The molecule has 0 saturated carbocycles.